The van der Waals surface area contributed by atoms with Gasteiger partial charge in [-0.1, -0.05) is 19.9 Å². The number of hydrogen-bond donors (Lipinski definition) is 0. The van der Waals surface area contributed by atoms with Crippen LogP contribution in [-0.4, -0.2) is 24.1 Å². The molecule has 0 aromatic heterocycles. The third kappa shape index (κ3) is 1.48. The molecular formula is C14H18O4. The summed E-state index contributed by atoms with van der Waals surface area (Å²) in [6, 6.07) is 0. The molecule has 0 N–H and O–H groups in total. The highest BCUT2D eigenvalue weighted by Gasteiger charge is 2.60. The molecule has 0 unspecified atom stereocenters. The predicted octanol–water partition coefficient (Wildman–Crippen LogP) is 1.68. The SMILES string of the molecule is CCOC(=O)C1=C[C@H]2C(=O)C[C@]1(C)C(=O)C2(C)C. The largest absolute Gasteiger partial charge is 0.463 e. The summed E-state index contributed by atoms with van der Waals surface area (Å²) in [6.07, 6.45) is 1.76. The molecule has 4 nitrogen and oxygen atoms in total. The molecule has 0 aromatic carbocycles. The van der Waals surface area contributed by atoms with Gasteiger partial charge in [-0.25, -0.2) is 4.79 Å². The molecule has 3 rings (SSSR count). The summed E-state index contributed by atoms with van der Waals surface area (Å²) in [7, 11) is 0. The van der Waals surface area contributed by atoms with E-state index in [0.29, 0.717) is 5.57 Å². The normalized spacial score (nSPS) is 33.3. The minimum absolute atomic E-state index is 0.0369. The van der Waals surface area contributed by atoms with Gasteiger partial charge in [0.2, 0.25) is 0 Å². The molecule has 0 aliphatic heterocycles. The standard InChI is InChI=1S/C14H18O4/c1-5-18-11(16)9-6-8-10(15)7-14(9,4)12(17)13(8,2)3/h6,8H,5,7H2,1-4H3/t8-,14-/m0/s1. The highest BCUT2D eigenvalue weighted by Crippen LogP contribution is 2.54. The van der Waals surface area contributed by atoms with E-state index in [2.05, 4.69) is 0 Å². The molecule has 0 radical (unpaired) electrons. The van der Waals surface area contributed by atoms with Crippen LogP contribution in [0.2, 0.25) is 0 Å². The van der Waals surface area contributed by atoms with Gasteiger partial charge in [0.1, 0.15) is 11.6 Å². The van der Waals surface area contributed by atoms with Gasteiger partial charge in [0.25, 0.3) is 0 Å². The summed E-state index contributed by atoms with van der Waals surface area (Å²) in [5.41, 5.74) is -1.37. The van der Waals surface area contributed by atoms with Crippen LogP contribution in [0.25, 0.3) is 0 Å². The fourth-order valence-electron chi connectivity index (χ4n) is 3.17. The van der Waals surface area contributed by atoms with Crippen LogP contribution in [0.1, 0.15) is 34.1 Å². The van der Waals surface area contributed by atoms with Crippen molar-refractivity contribution in [1.29, 1.82) is 0 Å². The maximum absolute atomic E-state index is 12.5. The predicted molar refractivity (Wildman–Crippen MR) is 64.7 cm³/mol. The Bertz CT molecular complexity index is 472. The molecule has 2 atom stereocenters. The number of fused-ring (bicyclic) bond motifs is 2. The van der Waals surface area contributed by atoms with Gasteiger partial charge in [-0.2, -0.15) is 0 Å². The molecule has 3 aliphatic rings. The van der Waals surface area contributed by atoms with Crippen molar-refractivity contribution in [2.24, 2.45) is 16.7 Å². The number of ketones is 2. The lowest BCUT2D eigenvalue weighted by Crippen LogP contribution is -2.57. The van der Waals surface area contributed by atoms with E-state index in [1.807, 2.05) is 0 Å². The lowest BCUT2D eigenvalue weighted by molar-refractivity contribution is -0.155. The smallest absolute Gasteiger partial charge is 0.334 e. The van der Waals surface area contributed by atoms with Crippen molar-refractivity contribution in [1.82, 2.24) is 0 Å². The Morgan fingerprint density at radius 3 is 2.56 bits per heavy atom. The summed E-state index contributed by atoms with van der Waals surface area (Å²) in [5.74, 6) is -0.965. The van der Waals surface area contributed by atoms with Gasteiger partial charge in [-0.05, 0) is 13.8 Å². The van der Waals surface area contributed by atoms with Gasteiger partial charge < -0.3 is 4.74 Å². The van der Waals surface area contributed by atoms with E-state index in [1.165, 1.54) is 0 Å². The van der Waals surface area contributed by atoms with Crippen LogP contribution in [0.3, 0.4) is 0 Å². The third-order valence-corrected chi connectivity index (χ3v) is 4.16. The number of ether oxygens (including phenoxy) is 1. The Labute approximate surface area is 106 Å². The Balaban J connectivity index is 2.53. The monoisotopic (exact) mass is 250 g/mol. The summed E-state index contributed by atoms with van der Waals surface area (Å²) < 4.78 is 4.98. The maximum atomic E-state index is 12.5. The van der Waals surface area contributed by atoms with Crippen LogP contribution in [0.4, 0.5) is 0 Å². The number of hydrogen-bond acceptors (Lipinski definition) is 4. The molecule has 18 heavy (non-hydrogen) atoms. The topological polar surface area (TPSA) is 60.4 Å². The molecule has 0 saturated heterocycles. The van der Waals surface area contributed by atoms with E-state index in [4.69, 9.17) is 4.74 Å². The average Bonchev–Trinajstić information content (AvgIpc) is 2.25. The highest BCUT2D eigenvalue weighted by atomic mass is 16.5. The fraction of sp³-hybridized carbons (Fsp3) is 0.643. The first-order valence-corrected chi connectivity index (χ1v) is 6.22. The summed E-state index contributed by atoms with van der Waals surface area (Å²) in [5, 5.41) is 0. The molecule has 0 aromatic rings. The van der Waals surface area contributed by atoms with Crippen molar-refractivity contribution in [2.45, 2.75) is 34.1 Å². The van der Waals surface area contributed by atoms with Crippen LogP contribution in [0.15, 0.2) is 11.6 Å². The molecule has 1 fully saturated rings. The maximum Gasteiger partial charge on any atom is 0.334 e. The van der Waals surface area contributed by atoms with Crippen LogP contribution < -0.4 is 0 Å². The van der Waals surface area contributed by atoms with Crippen molar-refractivity contribution in [3.63, 3.8) is 0 Å². The van der Waals surface area contributed by atoms with Crippen LogP contribution in [0.5, 0.6) is 0 Å². The average molecular weight is 250 g/mol. The van der Waals surface area contributed by atoms with Crippen LogP contribution in [-0.2, 0) is 19.1 Å². The number of carbonyl (C=O) groups excluding carboxylic acids is 3. The van der Waals surface area contributed by atoms with Crippen molar-refractivity contribution < 1.29 is 19.1 Å². The second kappa shape index (κ2) is 3.77. The fourth-order valence-corrected chi connectivity index (χ4v) is 3.17. The quantitative estimate of drug-likeness (QED) is 0.700. The first-order valence-electron chi connectivity index (χ1n) is 6.22. The zero-order valence-electron chi connectivity index (χ0n) is 11.2. The van der Waals surface area contributed by atoms with Gasteiger partial charge in [0, 0.05) is 23.3 Å². The molecule has 0 spiro atoms. The first kappa shape index (κ1) is 13.0. The van der Waals surface area contributed by atoms with E-state index in [0.717, 1.165) is 0 Å². The second-order valence-electron chi connectivity index (χ2n) is 5.80. The molecular weight excluding hydrogens is 232 g/mol. The van der Waals surface area contributed by atoms with Gasteiger partial charge in [-0.3, -0.25) is 9.59 Å². The first-order chi connectivity index (χ1) is 8.25. The van der Waals surface area contributed by atoms with Crippen molar-refractivity contribution in [3.05, 3.63) is 11.6 Å². The number of rotatable bonds is 2. The van der Waals surface area contributed by atoms with Crippen LogP contribution in [0, 0.1) is 16.7 Å². The lowest BCUT2D eigenvalue weighted by atomic mass is 9.51. The van der Waals surface area contributed by atoms with Gasteiger partial charge >= 0.3 is 5.97 Å². The summed E-state index contributed by atoms with van der Waals surface area (Å²) >= 11 is 0. The summed E-state index contributed by atoms with van der Waals surface area (Å²) in [6.45, 7) is 7.20. The van der Waals surface area contributed by atoms with E-state index in [1.54, 1.807) is 33.8 Å². The number of allylic oxidation sites excluding steroid dienone is 1. The van der Waals surface area contributed by atoms with Crippen molar-refractivity contribution in [2.75, 3.05) is 6.61 Å². The van der Waals surface area contributed by atoms with Crippen LogP contribution >= 0.6 is 0 Å². The molecule has 0 heterocycles. The van der Waals surface area contributed by atoms with E-state index in [-0.39, 0.29) is 24.6 Å². The Morgan fingerprint density at radius 1 is 1.39 bits per heavy atom. The lowest BCUT2D eigenvalue weighted by Gasteiger charge is -2.49. The van der Waals surface area contributed by atoms with E-state index in [9.17, 15) is 14.4 Å². The molecule has 3 aliphatic carbocycles. The Hall–Kier alpha value is -1.45. The van der Waals surface area contributed by atoms with Crippen molar-refractivity contribution in [3.8, 4) is 0 Å². The molecule has 98 valence electrons. The van der Waals surface area contributed by atoms with Gasteiger partial charge in [0.05, 0.1) is 12.0 Å². The van der Waals surface area contributed by atoms with E-state index >= 15 is 0 Å². The van der Waals surface area contributed by atoms with Gasteiger partial charge in [-0.15, -0.1) is 0 Å². The number of carbonyl (C=O) groups is 3. The van der Waals surface area contributed by atoms with E-state index < -0.39 is 22.7 Å². The number of esters is 1. The second-order valence-corrected chi connectivity index (χ2v) is 5.80. The minimum atomic E-state index is -1.01. The zero-order valence-corrected chi connectivity index (χ0v) is 11.2. The Morgan fingerprint density at radius 2 is 2.00 bits per heavy atom. The Kier molecular flexibility index (Phi) is 2.72. The van der Waals surface area contributed by atoms with Gasteiger partial charge in [0.15, 0.2) is 0 Å². The van der Waals surface area contributed by atoms with Crippen molar-refractivity contribution >= 4 is 17.5 Å². The zero-order chi connectivity index (χ0) is 13.7. The number of Topliss-reactive ketones (excluding diaryl/α,β-unsaturated/α-hetero) is 2. The molecule has 2 bridgehead atoms. The minimum Gasteiger partial charge on any atom is -0.463 e. The summed E-state index contributed by atoms with van der Waals surface area (Å²) in [4.78, 5) is 36.4. The molecule has 4 heteroatoms. The molecule has 1 saturated carbocycles. The third-order valence-electron chi connectivity index (χ3n) is 4.16. The highest BCUT2D eigenvalue weighted by molar-refractivity contribution is 6.12. The molecule has 0 amide bonds.